The zero-order chi connectivity index (χ0) is 23.3. The third-order valence-corrected chi connectivity index (χ3v) is 6.04. The van der Waals surface area contributed by atoms with E-state index in [1.807, 2.05) is 42.5 Å². The summed E-state index contributed by atoms with van der Waals surface area (Å²) in [5.74, 6) is 0.551. The van der Waals surface area contributed by atoms with Crippen LogP contribution in [0.25, 0.3) is 5.57 Å². The van der Waals surface area contributed by atoms with Crippen LogP contribution >= 0.6 is 0 Å². The predicted octanol–water partition coefficient (Wildman–Crippen LogP) is 4.85. The minimum absolute atomic E-state index is 0.0400. The molecule has 0 radical (unpaired) electrons. The quantitative estimate of drug-likeness (QED) is 0.536. The molecule has 0 spiro atoms. The maximum absolute atomic E-state index is 12.6. The topological polar surface area (TPSA) is 96.6 Å². The van der Waals surface area contributed by atoms with E-state index in [0.717, 1.165) is 5.56 Å². The lowest BCUT2D eigenvalue weighted by atomic mass is 9.95. The van der Waals surface area contributed by atoms with E-state index in [4.69, 9.17) is 10.1 Å². The van der Waals surface area contributed by atoms with Crippen molar-refractivity contribution in [2.45, 2.75) is 6.61 Å². The van der Waals surface area contributed by atoms with E-state index in [-0.39, 0.29) is 17.0 Å². The molecule has 0 bridgehead atoms. The molecular weight excluding hydrogens is 436 g/mol. The summed E-state index contributed by atoms with van der Waals surface area (Å²) in [4.78, 5) is 12.4. The van der Waals surface area contributed by atoms with E-state index >= 15 is 0 Å². The first kappa shape index (κ1) is 22.1. The summed E-state index contributed by atoms with van der Waals surface area (Å²) in [7, 11) is -4.44. The summed E-state index contributed by atoms with van der Waals surface area (Å²) in [6, 6.07) is 24.6. The molecule has 0 aliphatic heterocycles. The summed E-state index contributed by atoms with van der Waals surface area (Å²) < 4.78 is 34.8. The second-order valence-corrected chi connectivity index (χ2v) is 8.72. The number of ether oxygens (including phenoxy) is 1. The van der Waals surface area contributed by atoms with Gasteiger partial charge >= 0.3 is 10.0 Å². The number of carbonyl (C=O) groups excluding carboxylic acids is 1. The molecular formula is C26H20N2O4S. The highest BCUT2D eigenvalue weighted by Crippen LogP contribution is 2.29. The SMILES string of the molecule is N=C1C=C/C(=N\S(=O)(=O)C(=O)c2ccccc2)C=C1c1ccccc1OCc1ccccc1. The zero-order valence-corrected chi connectivity index (χ0v) is 18.3. The number of hydrogen-bond acceptors (Lipinski definition) is 5. The van der Waals surface area contributed by atoms with Gasteiger partial charge in [0.25, 0.3) is 5.12 Å². The Morgan fingerprint density at radius 2 is 1.48 bits per heavy atom. The van der Waals surface area contributed by atoms with Crippen LogP contribution in [0.3, 0.4) is 0 Å². The third kappa shape index (κ3) is 5.22. The van der Waals surface area contributed by atoms with Crippen LogP contribution in [0.5, 0.6) is 5.75 Å². The maximum atomic E-state index is 12.6. The molecule has 1 aliphatic carbocycles. The summed E-state index contributed by atoms with van der Waals surface area (Å²) in [6.45, 7) is 0.342. The van der Waals surface area contributed by atoms with E-state index in [0.29, 0.717) is 23.5 Å². The van der Waals surface area contributed by atoms with Crippen molar-refractivity contribution < 1.29 is 17.9 Å². The number of carbonyl (C=O) groups is 1. The Kier molecular flexibility index (Phi) is 6.42. The molecule has 0 fully saturated rings. The molecule has 0 amide bonds. The molecule has 0 unspecified atom stereocenters. The predicted molar refractivity (Wildman–Crippen MR) is 129 cm³/mol. The number of benzene rings is 3. The molecule has 33 heavy (non-hydrogen) atoms. The van der Waals surface area contributed by atoms with E-state index in [2.05, 4.69) is 4.40 Å². The molecule has 0 saturated heterocycles. The van der Waals surface area contributed by atoms with Gasteiger partial charge in [0.15, 0.2) is 0 Å². The highest BCUT2D eigenvalue weighted by molar-refractivity contribution is 8.05. The van der Waals surface area contributed by atoms with Crippen molar-refractivity contribution in [2.24, 2.45) is 4.40 Å². The number of nitrogens with one attached hydrogen (secondary N) is 1. The second kappa shape index (κ2) is 9.58. The molecule has 7 heteroatoms. The highest BCUT2D eigenvalue weighted by atomic mass is 32.2. The Balaban J connectivity index is 1.64. The maximum Gasteiger partial charge on any atom is 0.321 e. The average molecular weight is 457 g/mol. The van der Waals surface area contributed by atoms with Gasteiger partial charge in [0.05, 0.1) is 11.4 Å². The molecule has 0 heterocycles. The molecule has 0 atom stereocenters. The number of nitrogens with zero attached hydrogens (tertiary/aromatic N) is 1. The van der Waals surface area contributed by atoms with Crippen molar-refractivity contribution in [1.29, 1.82) is 5.41 Å². The van der Waals surface area contributed by atoms with Gasteiger partial charge in [-0.15, -0.1) is 0 Å². The monoisotopic (exact) mass is 456 g/mol. The van der Waals surface area contributed by atoms with Crippen LogP contribution in [-0.2, 0) is 16.6 Å². The Labute approximate surface area is 192 Å². The van der Waals surface area contributed by atoms with Crippen molar-refractivity contribution in [3.05, 3.63) is 120 Å². The first-order chi connectivity index (χ1) is 15.9. The van der Waals surface area contributed by atoms with Crippen molar-refractivity contribution >= 4 is 32.1 Å². The van der Waals surface area contributed by atoms with Crippen molar-refractivity contribution in [1.82, 2.24) is 0 Å². The lowest BCUT2D eigenvalue weighted by molar-refractivity contribution is 0.107. The van der Waals surface area contributed by atoms with Crippen molar-refractivity contribution in [2.75, 3.05) is 0 Å². The first-order valence-electron chi connectivity index (χ1n) is 10.1. The molecule has 1 aliphatic rings. The van der Waals surface area contributed by atoms with Gasteiger partial charge in [-0.05, 0) is 29.9 Å². The standard InChI is InChI=1S/C26H20N2O4S/c27-24-16-15-21(28-33(30,31)26(29)20-11-5-2-6-12-20)17-23(24)22-13-7-8-14-25(22)32-18-19-9-3-1-4-10-19/h1-17,27H,18H2/b27-24?,28-21+. The number of sulfonamides is 1. The van der Waals surface area contributed by atoms with Crippen LogP contribution in [0.1, 0.15) is 21.5 Å². The van der Waals surface area contributed by atoms with E-state index in [1.54, 1.807) is 30.3 Å². The van der Waals surface area contributed by atoms with Crippen LogP contribution in [0, 0.1) is 5.41 Å². The lowest BCUT2D eigenvalue weighted by Gasteiger charge is -2.16. The minimum Gasteiger partial charge on any atom is -0.488 e. The van der Waals surface area contributed by atoms with Crippen LogP contribution < -0.4 is 4.74 Å². The summed E-state index contributed by atoms with van der Waals surface area (Å²) in [5.41, 5.74) is 2.34. The molecule has 4 rings (SSSR count). The van der Waals surface area contributed by atoms with Crippen LogP contribution in [0.15, 0.2) is 108 Å². The second-order valence-electron chi connectivity index (χ2n) is 7.22. The number of rotatable bonds is 6. The molecule has 1 N–H and O–H groups in total. The zero-order valence-electron chi connectivity index (χ0n) is 17.5. The summed E-state index contributed by atoms with van der Waals surface area (Å²) in [6.07, 6.45) is 4.32. The first-order valence-corrected chi connectivity index (χ1v) is 11.6. The average Bonchev–Trinajstić information content (AvgIpc) is 2.85. The fraction of sp³-hybridized carbons (Fsp3) is 0.0385. The Hall–Kier alpha value is -4.10. The normalized spacial score (nSPS) is 14.7. The van der Waals surface area contributed by atoms with Crippen molar-refractivity contribution in [3.63, 3.8) is 0 Å². The Bertz CT molecular complexity index is 1390. The minimum atomic E-state index is -4.44. The van der Waals surface area contributed by atoms with Crippen LogP contribution in [0.2, 0.25) is 0 Å². The van der Waals surface area contributed by atoms with Gasteiger partial charge in [-0.1, -0.05) is 78.9 Å². The van der Waals surface area contributed by atoms with Gasteiger partial charge in [0, 0.05) is 16.7 Å². The van der Waals surface area contributed by atoms with E-state index < -0.39 is 15.1 Å². The van der Waals surface area contributed by atoms with Gasteiger partial charge in [-0.2, -0.15) is 12.8 Å². The van der Waals surface area contributed by atoms with Gasteiger partial charge in [-0.25, -0.2) is 0 Å². The van der Waals surface area contributed by atoms with Gasteiger partial charge in [0.1, 0.15) is 12.4 Å². The Morgan fingerprint density at radius 3 is 2.21 bits per heavy atom. The fourth-order valence-electron chi connectivity index (χ4n) is 3.27. The van der Waals surface area contributed by atoms with E-state index in [1.165, 1.54) is 30.4 Å². The number of allylic oxidation sites excluding steroid dienone is 4. The fourth-order valence-corrected chi connectivity index (χ4v) is 4.17. The lowest BCUT2D eigenvalue weighted by Crippen LogP contribution is -2.15. The summed E-state index contributed by atoms with van der Waals surface area (Å²) in [5, 5.41) is 7.26. The third-order valence-electron chi connectivity index (χ3n) is 4.89. The molecule has 164 valence electrons. The smallest absolute Gasteiger partial charge is 0.321 e. The van der Waals surface area contributed by atoms with Crippen molar-refractivity contribution in [3.8, 4) is 5.75 Å². The molecule has 3 aromatic rings. The van der Waals surface area contributed by atoms with Crippen LogP contribution in [0.4, 0.5) is 0 Å². The van der Waals surface area contributed by atoms with E-state index in [9.17, 15) is 13.2 Å². The molecule has 0 saturated carbocycles. The molecule has 3 aromatic carbocycles. The Morgan fingerprint density at radius 1 is 0.848 bits per heavy atom. The van der Waals surface area contributed by atoms with Gasteiger partial charge < -0.3 is 10.1 Å². The van der Waals surface area contributed by atoms with Gasteiger partial charge in [0.2, 0.25) is 0 Å². The largest absolute Gasteiger partial charge is 0.488 e. The number of hydrogen-bond donors (Lipinski definition) is 1. The van der Waals surface area contributed by atoms with Crippen LogP contribution in [-0.4, -0.2) is 25.0 Å². The molecule has 6 nitrogen and oxygen atoms in total. The van der Waals surface area contributed by atoms with Gasteiger partial charge in [-0.3, -0.25) is 4.79 Å². The highest BCUT2D eigenvalue weighted by Gasteiger charge is 2.24. The number of para-hydroxylation sites is 1. The summed E-state index contributed by atoms with van der Waals surface area (Å²) >= 11 is 0. The molecule has 0 aromatic heterocycles.